The molecule has 0 aromatic heterocycles. The van der Waals surface area contributed by atoms with E-state index < -0.39 is 0 Å². The molecule has 0 aromatic rings. The highest BCUT2D eigenvalue weighted by molar-refractivity contribution is 5.95. The maximum absolute atomic E-state index is 11.8. The average Bonchev–Trinajstić information content (AvgIpc) is 3.16. The van der Waals surface area contributed by atoms with E-state index in [0.29, 0.717) is 24.6 Å². The van der Waals surface area contributed by atoms with E-state index in [9.17, 15) is 4.79 Å². The molecule has 0 amide bonds. The number of rotatable bonds is 7. The molecule has 0 unspecified atom stereocenters. The third-order valence-corrected chi connectivity index (χ3v) is 6.15. The summed E-state index contributed by atoms with van der Waals surface area (Å²) in [5.74, 6) is 0.0753. The van der Waals surface area contributed by atoms with Gasteiger partial charge in [0.15, 0.2) is 0 Å². The van der Waals surface area contributed by atoms with Gasteiger partial charge >= 0.3 is 5.97 Å². The number of carbonyl (C=O) groups is 1. The number of hydrogen-bond acceptors (Lipinski definition) is 6. The van der Waals surface area contributed by atoms with E-state index in [-0.39, 0.29) is 23.9 Å². The topological polar surface area (TPSA) is 71.8 Å². The summed E-state index contributed by atoms with van der Waals surface area (Å²) in [6, 6.07) is 0.618. The Kier molecular flexibility index (Phi) is 7.68. The fourth-order valence-electron chi connectivity index (χ4n) is 4.60. The molecule has 1 saturated carbocycles. The van der Waals surface area contributed by atoms with Crippen molar-refractivity contribution in [1.29, 1.82) is 5.41 Å². The number of esters is 1. The average molecular weight is 391 g/mol. The number of morpholine rings is 1. The molecular weight excluding hydrogens is 356 g/mol. The lowest BCUT2D eigenvalue weighted by atomic mass is 9.90. The van der Waals surface area contributed by atoms with E-state index in [1.165, 1.54) is 0 Å². The number of hydrogen-bond donors (Lipinski definition) is 1. The zero-order chi connectivity index (χ0) is 19.9. The van der Waals surface area contributed by atoms with Gasteiger partial charge in [0.05, 0.1) is 26.2 Å². The maximum atomic E-state index is 11.8. The summed E-state index contributed by atoms with van der Waals surface area (Å²) in [5, 5.41) is 8.39. The minimum absolute atomic E-state index is 0.0899. The second-order valence-corrected chi connectivity index (χ2v) is 7.95. The van der Waals surface area contributed by atoms with Crippen LogP contribution in [-0.2, 0) is 19.0 Å². The maximum Gasteiger partial charge on any atom is 0.306 e. The molecular formula is C22H34N2O4. The van der Waals surface area contributed by atoms with Crippen LogP contribution in [0.25, 0.3) is 0 Å². The summed E-state index contributed by atoms with van der Waals surface area (Å²) in [7, 11) is 0. The summed E-state index contributed by atoms with van der Waals surface area (Å²) in [5.41, 5.74) is 1.61. The van der Waals surface area contributed by atoms with Gasteiger partial charge in [-0.3, -0.25) is 15.1 Å². The summed E-state index contributed by atoms with van der Waals surface area (Å²) in [6.45, 7) is 10.0. The Hall–Kier alpha value is -1.66. The largest absolute Gasteiger partial charge is 0.474 e. The second-order valence-electron chi connectivity index (χ2n) is 7.95. The standard InChI is InChI=1S/C22H34N2O4/c1-3-27-21(25)15-17-5-4-6-20(17)16(2)22(23)28-19-9-7-18(8-10-19)24-11-13-26-14-12-24/h6,17-19,23H,2-5,7-15H2,1H3/t17-,18?,19?/m1/s1. The molecule has 6 nitrogen and oxygen atoms in total. The van der Waals surface area contributed by atoms with Crippen LogP contribution in [0, 0.1) is 11.3 Å². The second kappa shape index (κ2) is 10.2. The SMILES string of the molecule is C=C(C(=N)OC1CCC(N2CCOCC2)CC1)C1=CCC[C@@H]1CC(=O)OCC. The van der Waals surface area contributed by atoms with Gasteiger partial charge in [0.2, 0.25) is 5.90 Å². The monoisotopic (exact) mass is 390 g/mol. The summed E-state index contributed by atoms with van der Waals surface area (Å²) >= 11 is 0. The minimum Gasteiger partial charge on any atom is -0.474 e. The van der Waals surface area contributed by atoms with Gasteiger partial charge in [-0.1, -0.05) is 12.7 Å². The summed E-state index contributed by atoms with van der Waals surface area (Å²) in [6.07, 6.45) is 8.54. The Labute approximate surface area is 168 Å². The van der Waals surface area contributed by atoms with Crippen LogP contribution in [0.1, 0.15) is 51.9 Å². The summed E-state index contributed by atoms with van der Waals surface area (Å²) in [4.78, 5) is 14.4. The van der Waals surface area contributed by atoms with Crippen molar-refractivity contribution >= 4 is 11.9 Å². The van der Waals surface area contributed by atoms with Crippen molar-refractivity contribution in [2.24, 2.45) is 5.92 Å². The van der Waals surface area contributed by atoms with Crippen LogP contribution in [-0.4, -0.2) is 61.8 Å². The van der Waals surface area contributed by atoms with Crippen LogP contribution < -0.4 is 0 Å². The van der Waals surface area contributed by atoms with Crippen LogP contribution >= 0.6 is 0 Å². The first-order chi connectivity index (χ1) is 13.6. The van der Waals surface area contributed by atoms with Gasteiger partial charge in [-0.15, -0.1) is 0 Å². The van der Waals surface area contributed by atoms with Gasteiger partial charge in [-0.05, 0) is 56.9 Å². The van der Waals surface area contributed by atoms with Gasteiger partial charge in [0.1, 0.15) is 6.10 Å². The molecule has 1 heterocycles. The van der Waals surface area contributed by atoms with Gasteiger partial charge in [-0.25, -0.2) is 0 Å². The Morgan fingerprint density at radius 2 is 1.96 bits per heavy atom. The van der Waals surface area contributed by atoms with E-state index in [1.54, 1.807) is 0 Å². The van der Waals surface area contributed by atoms with E-state index in [4.69, 9.17) is 19.6 Å². The molecule has 0 spiro atoms. The highest BCUT2D eigenvalue weighted by Crippen LogP contribution is 2.35. The number of carbonyl (C=O) groups excluding carboxylic acids is 1. The molecule has 1 saturated heterocycles. The predicted molar refractivity (Wildman–Crippen MR) is 108 cm³/mol. The van der Waals surface area contributed by atoms with Crippen LogP contribution in [0.5, 0.6) is 0 Å². The van der Waals surface area contributed by atoms with Gasteiger partial charge in [0.25, 0.3) is 0 Å². The van der Waals surface area contributed by atoms with Crippen LogP contribution in [0.3, 0.4) is 0 Å². The van der Waals surface area contributed by atoms with E-state index in [0.717, 1.165) is 70.4 Å². The molecule has 0 bridgehead atoms. The third-order valence-electron chi connectivity index (χ3n) is 6.15. The fraction of sp³-hybridized carbons (Fsp3) is 0.727. The van der Waals surface area contributed by atoms with Crippen molar-refractivity contribution in [3.8, 4) is 0 Å². The van der Waals surface area contributed by atoms with Crippen LogP contribution in [0.4, 0.5) is 0 Å². The Morgan fingerprint density at radius 3 is 2.64 bits per heavy atom. The van der Waals surface area contributed by atoms with Gasteiger partial charge in [0, 0.05) is 24.7 Å². The van der Waals surface area contributed by atoms with Crippen molar-refractivity contribution in [3.05, 3.63) is 23.8 Å². The molecule has 28 heavy (non-hydrogen) atoms. The molecule has 2 fully saturated rings. The number of nitrogens with zero attached hydrogens (tertiary/aromatic N) is 1. The molecule has 3 rings (SSSR count). The zero-order valence-electron chi connectivity index (χ0n) is 17.1. The lowest BCUT2D eigenvalue weighted by Gasteiger charge is -2.38. The Morgan fingerprint density at radius 1 is 1.25 bits per heavy atom. The number of nitrogens with one attached hydrogen (secondary N) is 1. The molecule has 2 aliphatic carbocycles. The van der Waals surface area contributed by atoms with Crippen molar-refractivity contribution in [3.63, 3.8) is 0 Å². The minimum atomic E-state index is -0.179. The quantitative estimate of drug-likeness (QED) is 0.409. The van der Waals surface area contributed by atoms with Crippen molar-refractivity contribution in [2.75, 3.05) is 32.9 Å². The van der Waals surface area contributed by atoms with E-state index in [1.807, 2.05) is 6.92 Å². The van der Waals surface area contributed by atoms with Crippen molar-refractivity contribution < 1.29 is 19.0 Å². The third kappa shape index (κ3) is 5.45. The smallest absolute Gasteiger partial charge is 0.306 e. The first kappa shape index (κ1) is 21.1. The first-order valence-corrected chi connectivity index (χ1v) is 10.7. The van der Waals surface area contributed by atoms with Crippen molar-refractivity contribution in [1.82, 2.24) is 4.90 Å². The van der Waals surface area contributed by atoms with Crippen LogP contribution in [0.15, 0.2) is 23.8 Å². The highest BCUT2D eigenvalue weighted by atomic mass is 16.5. The molecule has 0 aromatic carbocycles. The van der Waals surface area contributed by atoms with E-state index >= 15 is 0 Å². The van der Waals surface area contributed by atoms with Gasteiger partial charge < -0.3 is 14.2 Å². The molecule has 0 radical (unpaired) electrons. The van der Waals surface area contributed by atoms with Gasteiger partial charge in [-0.2, -0.15) is 0 Å². The molecule has 1 atom stereocenters. The Bertz CT molecular complexity index is 602. The van der Waals surface area contributed by atoms with Crippen molar-refractivity contribution in [2.45, 2.75) is 64.0 Å². The summed E-state index contributed by atoms with van der Waals surface area (Å²) < 4.78 is 16.5. The normalized spacial score (nSPS) is 28.5. The lowest BCUT2D eigenvalue weighted by Crippen LogP contribution is -2.45. The predicted octanol–water partition coefficient (Wildman–Crippen LogP) is 3.47. The fourth-order valence-corrected chi connectivity index (χ4v) is 4.60. The molecule has 1 N–H and O–H groups in total. The lowest BCUT2D eigenvalue weighted by molar-refractivity contribution is -0.143. The molecule has 3 aliphatic rings. The number of allylic oxidation sites excluding steroid dienone is 1. The zero-order valence-corrected chi connectivity index (χ0v) is 17.1. The van der Waals surface area contributed by atoms with Crippen LogP contribution in [0.2, 0.25) is 0 Å². The molecule has 1 aliphatic heterocycles. The van der Waals surface area contributed by atoms with E-state index in [2.05, 4.69) is 17.6 Å². The highest BCUT2D eigenvalue weighted by Gasteiger charge is 2.30. The molecule has 6 heteroatoms. The Balaban J connectivity index is 1.45. The molecule has 156 valence electrons. The first-order valence-electron chi connectivity index (χ1n) is 10.7. The number of ether oxygens (including phenoxy) is 3.